The molecule has 2 rings (SSSR count). The molecule has 2 amide bonds. The van der Waals surface area contributed by atoms with E-state index >= 15 is 0 Å². The van der Waals surface area contributed by atoms with Crippen LogP contribution < -0.4 is 10.6 Å². The molecule has 0 heterocycles. The summed E-state index contributed by atoms with van der Waals surface area (Å²) in [6, 6.07) is 14.5. The third-order valence-electron chi connectivity index (χ3n) is 4.45. The van der Waals surface area contributed by atoms with Crippen molar-refractivity contribution in [2.45, 2.75) is 46.2 Å². The highest BCUT2D eigenvalue weighted by atomic mass is 79.9. The van der Waals surface area contributed by atoms with Crippen molar-refractivity contribution in [3.8, 4) is 0 Å². The minimum atomic E-state index is -0.574. The van der Waals surface area contributed by atoms with Crippen LogP contribution in [0.25, 0.3) is 0 Å². The van der Waals surface area contributed by atoms with Gasteiger partial charge in [0.25, 0.3) is 5.91 Å². The molecule has 0 aromatic heterocycles. The minimum Gasteiger partial charge on any atom is -0.348 e. The van der Waals surface area contributed by atoms with Gasteiger partial charge in [-0.2, -0.15) is 0 Å². The number of rotatable bonds is 7. The number of nitrogens with one attached hydrogen (secondary N) is 2. The van der Waals surface area contributed by atoms with E-state index in [1.807, 2.05) is 70.2 Å². The predicted molar refractivity (Wildman–Crippen MR) is 113 cm³/mol. The van der Waals surface area contributed by atoms with Gasteiger partial charge in [-0.15, -0.1) is 0 Å². The van der Waals surface area contributed by atoms with E-state index in [0.717, 1.165) is 15.6 Å². The van der Waals surface area contributed by atoms with Crippen LogP contribution in [0, 0.1) is 12.8 Å². The van der Waals surface area contributed by atoms with Gasteiger partial charge in [0.1, 0.15) is 6.04 Å². The molecule has 0 aliphatic rings. The number of aryl methyl sites for hydroxylation is 1. The summed E-state index contributed by atoms with van der Waals surface area (Å²) in [6.07, 6.45) is 0.580. The summed E-state index contributed by atoms with van der Waals surface area (Å²) in [5.74, 6) is -0.104. The summed E-state index contributed by atoms with van der Waals surface area (Å²) in [6.45, 7) is 7.91. The molecule has 0 saturated carbocycles. The monoisotopic (exact) mass is 430 g/mol. The third-order valence-corrected chi connectivity index (χ3v) is 4.98. The average molecular weight is 431 g/mol. The Bertz CT molecular complexity index is 787. The van der Waals surface area contributed by atoms with Gasteiger partial charge in [-0.3, -0.25) is 9.59 Å². The van der Waals surface area contributed by atoms with Gasteiger partial charge >= 0.3 is 0 Å². The molecule has 0 aliphatic heterocycles. The number of carbonyl (C=O) groups is 2. The molecule has 2 aromatic carbocycles. The molecule has 0 fully saturated rings. The summed E-state index contributed by atoms with van der Waals surface area (Å²) in [5.41, 5.74) is 2.50. The van der Waals surface area contributed by atoms with E-state index in [9.17, 15) is 9.59 Å². The van der Waals surface area contributed by atoms with Crippen LogP contribution in [0.5, 0.6) is 0 Å². The van der Waals surface area contributed by atoms with Crippen molar-refractivity contribution in [1.82, 2.24) is 10.6 Å². The van der Waals surface area contributed by atoms with Crippen LogP contribution in [0.1, 0.15) is 54.7 Å². The van der Waals surface area contributed by atoms with Crippen molar-refractivity contribution >= 4 is 27.7 Å². The second-order valence-electron chi connectivity index (χ2n) is 7.25. The lowest BCUT2D eigenvalue weighted by Crippen LogP contribution is -2.48. The highest BCUT2D eigenvalue weighted by Gasteiger charge is 2.24. The van der Waals surface area contributed by atoms with Gasteiger partial charge in [0.15, 0.2) is 0 Å². The topological polar surface area (TPSA) is 58.2 Å². The standard InChI is InChI=1S/C22H27BrN2O2/c1-14(2)13-20(25-21(26)19-8-6-5-7-15(19)3)22(27)24-16(4)17-9-11-18(23)12-10-17/h5-12,14,16,20H,13H2,1-4H3,(H,24,27)(H,25,26). The Labute approximate surface area is 169 Å². The highest BCUT2D eigenvalue weighted by molar-refractivity contribution is 9.10. The molecule has 27 heavy (non-hydrogen) atoms. The first-order chi connectivity index (χ1) is 12.8. The molecule has 0 radical (unpaired) electrons. The first kappa shape index (κ1) is 21.2. The number of halogens is 1. The van der Waals surface area contributed by atoms with Crippen molar-refractivity contribution in [2.75, 3.05) is 0 Å². The van der Waals surface area contributed by atoms with E-state index in [4.69, 9.17) is 0 Å². The van der Waals surface area contributed by atoms with Crippen molar-refractivity contribution in [2.24, 2.45) is 5.92 Å². The van der Waals surface area contributed by atoms with Gasteiger partial charge in [-0.25, -0.2) is 0 Å². The Morgan fingerprint density at radius 1 is 0.963 bits per heavy atom. The SMILES string of the molecule is Cc1ccccc1C(=O)NC(CC(C)C)C(=O)NC(C)c1ccc(Br)cc1. The van der Waals surface area contributed by atoms with Gasteiger partial charge in [-0.05, 0) is 55.5 Å². The van der Waals surface area contributed by atoms with E-state index in [1.54, 1.807) is 6.07 Å². The molecule has 5 heteroatoms. The third kappa shape index (κ3) is 6.21. The fraction of sp³-hybridized carbons (Fsp3) is 0.364. The molecule has 2 atom stereocenters. The molecular weight excluding hydrogens is 404 g/mol. The van der Waals surface area contributed by atoms with E-state index in [-0.39, 0.29) is 23.8 Å². The normalized spacial score (nSPS) is 13.1. The van der Waals surface area contributed by atoms with Crippen LogP contribution in [0.2, 0.25) is 0 Å². The predicted octanol–water partition coefficient (Wildman–Crippen LogP) is 4.78. The Hall–Kier alpha value is -2.14. The van der Waals surface area contributed by atoms with E-state index in [0.29, 0.717) is 12.0 Å². The maximum Gasteiger partial charge on any atom is 0.252 e. The summed E-state index contributed by atoms with van der Waals surface area (Å²) in [7, 11) is 0. The van der Waals surface area contributed by atoms with Crippen LogP contribution in [0.15, 0.2) is 53.0 Å². The number of carbonyl (C=O) groups excluding carboxylic acids is 2. The highest BCUT2D eigenvalue weighted by Crippen LogP contribution is 2.17. The number of hydrogen-bond acceptors (Lipinski definition) is 2. The lowest BCUT2D eigenvalue weighted by molar-refractivity contribution is -0.124. The lowest BCUT2D eigenvalue weighted by Gasteiger charge is -2.23. The maximum absolute atomic E-state index is 12.8. The quantitative estimate of drug-likeness (QED) is 0.663. The molecule has 0 bridgehead atoms. The van der Waals surface area contributed by atoms with E-state index in [2.05, 4.69) is 26.6 Å². The summed E-state index contributed by atoms with van der Waals surface area (Å²) >= 11 is 3.42. The van der Waals surface area contributed by atoms with Crippen LogP contribution >= 0.6 is 15.9 Å². The second kappa shape index (κ2) is 9.70. The van der Waals surface area contributed by atoms with Crippen molar-refractivity contribution < 1.29 is 9.59 Å². The Kier molecular flexibility index (Phi) is 7.60. The first-order valence-electron chi connectivity index (χ1n) is 9.20. The molecule has 0 saturated heterocycles. The van der Waals surface area contributed by atoms with Crippen LogP contribution in [0.4, 0.5) is 0 Å². The minimum absolute atomic E-state index is 0.143. The van der Waals surface area contributed by atoms with E-state index in [1.165, 1.54) is 0 Å². The zero-order valence-electron chi connectivity index (χ0n) is 16.3. The van der Waals surface area contributed by atoms with Gasteiger partial charge in [0.2, 0.25) is 5.91 Å². The number of hydrogen-bond donors (Lipinski definition) is 2. The molecule has 144 valence electrons. The molecule has 0 aliphatic carbocycles. The average Bonchev–Trinajstić information content (AvgIpc) is 2.61. The molecule has 2 N–H and O–H groups in total. The van der Waals surface area contributed by atoms with Crippen molar-refractivity contribution in [1.29, 1.82) is 0 Å². The van der Waals surface area contributed by atoms with Crippen molar-refractivity contribution in [3.05, 3.63) is 69.7 Å². The van der Waals surface area contributed by atoms with Crippen molar-refractivity contribution in [3.63, 3.8) is 0 Å². The van der Waals surface area contributed by atoms with Gasteiger partial charge in [-0.1, -0.05) is 60.1 Å². The molecule has 2 aromatic rings. The summed E-state index contributed by atoms with van der Waals surface area (Å²) in [5, 5.41) is 5.94. The Balaban J connectivity index is 2.10. The fourth-order valence-electron chi connectivity index (χ4n) is 2.92. The second-order valence-corrected chi connectivity index (χ2v) is 8.17. The molecule has 0 spiro atoms. The Morgan fingerprint density at radius 2 is 1.59 bits per heavy atom. The largest absolute Gasteiger partial charge is 0.348 e. The smallest absolute Gasteiger partial charge is 0.252 e. The van der Waals surface area contributed by atoms with Gasteiger partial charge < -0.3 is 10.6 Å². The fourth-order valence-corrected chi connectivity index (χ4v) is 3.18. The molecule has 2 unspecified atom stereocenters. The van der Waals surface area contributed by atoms with Crippen LogP contribution in [-0.2, 0) is 4.79 Å². The summed E-state index contributed by atoms with van der Waals surface area (Å²) < 4.78 is 0.993. The van der Waals surface area contributed by atoms with Gasteiger partial charge in [0.05, 0.1) is 6.04 Å². The zero-order chi connectivity index (χ0) is 20.0. The molecular formula is C22H27BrN2O2. The van der Waals surface area contributed by atoms with Gasteiger partial charge in [0, 0.05) is 10.0 Å². The number of benzene rings is 2. The summed E-state index contributed by atoms with van der Waals surface area (Å²) in [4.78, 5) is 25.5. The Morgan fingerprint density at radius 3 is 2.19 bits per heavy atom. The van der Waals surface area contributed by atoms with E-state index < -0.39 is 6.04 Å². The maximum atomic E-state index is 12.8. The molecule has 4 nitrogen and oxygen atoms in total. The van der Waals surface area contributed by atoms with Crippen LogP contribution in [-0.4, -0.2) is 17.9 Å². The first-order valence-corrected chi connectivity index (χ1v) is 9.99. The lowest BCUT2D eigenvalue weighted by atomic mass is 10.0. The zero-order valence-corrected chi connectivity index (χ0v) is 17.8. The number of amides is 2. The van der Waals surface area contributed by atoms with Crippen LogP contribution in [0.3, 0.4) is 0 Å².